The molecule has 25 heavy (non-hydrogen) atoms. The molecule has 0 unspecified atom stereocenters. The van der Waals surface area contributed by atoms with Crippen LogP contribution in [0.25, 0.3) is 10.9 Å². The molecule has 136 valence electrons. The Kier molecular flexibility index (Phi) is 4.73. The van der Waals surface area contributed by atoms with Gasteiger partial charge in [0.1, 0.15) is 23.5 Å². The van der Waals surface area contributed by atoms with Gasteiger partial charge in [0.2, 0.25) is 0 Å². The second kappa shape index (κ2) is 6.38. The highest BCUT2D eigenvalue weighted by atomic mass is 127. The van der Waals surface area contributed by atoms with Crippen LogP contribution < -0.4 is 0 Å². The normalized spacial score (nSPS) is 31.0. The van der Waals surface area contributed by atoms with Crippen molar-refractivity contribution in [2.45, 2.75) is 44.2 Å². The van der Waals surface area contributed by atoms with E-state index in [1.165, 1.54) is 0 Å². The van der Waals surface area contributed by atoms with E-state index < -0.39 is 24.2 Å². The lowest BCUT2D eigenvalue weighted by Gasteiger charge is -2.25. The number of aromatic nitrogens is 1. The Hall–Kier alpha value is 0.200. The number of aliphatic hydroxyl groups is 1. The van der Waals surface area contributed by atoms with Crippen LogP contribution in [0.1, 0.15) is 20.1 Å². The molecule has 5 nitrogen and oxygen atoms in total. The van der Waals surface area contributed by atoms with E-state index >= 15 is 0 Å². The first-order chi connectivity index (χ1) is 11.7. The monoisotopic (exact) mass is 517 g/mol. The Morgan fingerprint density at radius 3 is 2.48 bits per heavy atom. The van der Waals surface area contributed by atoms with Gasteiger partial charge in [0.05, 0.1) is 25.7 Å². The van der Waals surface area contributed by atoms with Crippen LogP contribution in [-0.4, -0.2) is 40.4 Å². The summed E-state index contributed by atoms with van der Waals surface area (Å²) in [6.07, 6.45) is -1.81. The van der Waals surface area contributed by atoms with Crippen molar-refractivity contribution in [3.63, 3.8) is 0 Å². The van der Waals surface area contributed by atoms with Gasteiger partial charge >= 0.3 is 0 Å². The van der Waals surface area contributed by atoms with Gasteiger partial charge in [-0.05, 0) is 48.6 Å². The van der Waals surface area contributed by atoms with Crippen molar-refractivity contribution in [1.82, 2.24) is 4.57 Å². The molecule has 2 aromatic rings. The summed E-state index contributed by atoms with van der Waals surface area (Å²) >= 11 is 21.1. The van der Waals surface area contributed by atoms with Crippen LogP contribution in [0.5, 0.6) is 0 Å². The average Bonchev–Trinajstić information content (AvgIpc) is 3.10. The fraction of sp³-hybridized carbons (Fsp3) is 0.500. The fourth-order valence-corrected chi connectivity index (χ4v) is 4.80. The SMILES string of the molecule is CC1(C)O[C@@H]2[C@H](O1)[C@@H](CO)O[C@H]2n1c(Cl)c(I)c2cc(Cl)c(Cl)cc21. The molecular weight excluding hydrogens is 503 g/mol. The largest absolute Gasteiger partial charge is 0.394 e. The number of hydrogen-bond donors (Lipinski definition) is 1. The molecule has 4 atom stereocenters. The summed E-state index contributed by atoms with van der Waals surface area (Å²) in [6, 6.07) is 3.55. The highest BCUT2D eigenvalue weighted by molar-refractivity contribution is 14.1. The van der Waals surface area contributed by atoms with Crippen molar-refractivity contribution >= 4 is 68.3 Å². The standard InChI is InChI=1S/C16H15Cl3INO4/c1-16(2)24-12-10(5-22)23-15(13(12)25-16)21-9-4-8(18)7(17)3-6(9)11(20)14(21)19/h3-4,10,12-13,15,22H,5H2,1-2H3/t10-,12-,13-,15-/m1/s1. The number of hydrogen-bond acceptors (Lipinski definition) is 4. The predicted octanol–water partition coefficient (Wildman–Crippen LogP) is 4.62. The zero-order valence-electron chi connectivity index (χ0n) is 13.3. The van der Waals surface area contributed by atoms with Crippen molar-refractivity contribution in [3.05, 3.63) is 30.9 Å². The first kappa shape index (κ1) is 18.6. The summed E-state index contributed by atoms with van der Waals surface area (Å²) in [5.41, 5.74) is 0.791. The van der Waals surface area contributed by atoms with Crippen molar-refractivity contribution in [3.8, 4) is 0 Å². The molecule has 1 aromatic heterocycles. The number of ether oxygens (including phenoxy) is 3. The zero-order valence-corrected chi connectivity index (χ0v) is 17.7. The van der Waals surface area contributed by atoms with Crippen LogP contribution in [0, 0.1) is 3.57 Å². The summed E-state index contributed by atoms with van der Waals surface area (Å²) in [7, 11) is 0. The lowest BCUT2D eigenvalue weighted by Crippen LogP contribution is -2.31. The summed E-state index contributed by atoms with van der Waals surface area (Å²) in [4.78, 5) is 0. The summed E-state index contributed by atoms with van der Waals surface area (Å²) in [5.74, 6) is -0.756. The zero-order chi connectivity index (χ0) is 18.1. The molecule has 2 aliphatic heterocycles. The van der Waals surface area contributed by atoms with E-state index in [1.54, 1.807) is 12.1 Å². The van der Waals surface area contributed by atoms with Crippen molar-refractivity contribution in [2.75, 3.05) is 6.61 Å². The number of rotatable bonds is 2. The van der Waals surface area contributed by atoms with E-state index in [1.807, 2.05) is 18.4 Å². The van der Waals surface area contributed by atoms with Gasteiger partial charge in [0.25, 0.3) is 0 Å². The molecule has 1 N–H and O–H groups in total. The molecule has 2 saturated heterocycles. The molecule has 1 aromatic carbocycles. The van der Waals surface area contributed by atoms with Gasteiger partial charge in [0.15, 0.2) is 12.0 Å². The summed E-state index contributed by atoms with van der Waals surface area (Å²) < 4.78 is 20.7. The molecule has 0 radical (unpaired) electrons. The first-order valence-corrected chi connectivity index (χ1v) is 9.90. The van der Waals surface area contributed by atoms with Crippen LogP contribution in [0.4, 0.5) is 0 Å². The number of fused-ring (bicyclic) bond motifs is 2. The molecule has 9 heteroatoms. The smallest absolute Gasteiger partial charge is 0.164 e. The van der Waals surface area contributed by atoms with Gasteiger partial charge < -0.3 is 23.9 Å². The van der Waals surface area contributed by atoms with E-state index in [4.69, 9.17) is 49.0 Å². The quantitative estimate of drug-likeness (QED) is 0.590. The number of benzene rings is 1. The topological polar surface area (TPSA) is 52.9 Å². The molecule has 2 aliphatic rings. The van der Waals surface area contributed by atoms with Crippen LogP contribution in [0.3, 0.4) is 0 Å². The molecule has 0 amide bonds. The maximum Gasteiger partial charge on any atom is 0.164 e. The minimum atomic E-state index is -0.756. The van der Waals surface area contributed by atoms with E-state index in [9.17, 15) is 5.11 Å². The minimum Gasteiger partial charge on any atom is -0.394 e. The van der Waals surface area contributed by atoms with Crippen molar-refractivity contribution < 1.29 is 19.3 Å². The summed E-state index contributed by atoms with van der Waals surface area (Å²) in [6.45, 7) is 3.51. The molecular formula is C16H15Cl3INO4. The van der Waals surface area contributed by atoms with Crippen LogP contribution in [0.2, 0.25) is 15.2 Å². The Bertz CT molecular complexity index is 856. The predicted molar refractivity (Wildman–Crippen MR) is 105 cm³/mol. The van der Waals surface area contributed by atoms with Gasteiger partial charge in [-0.25, -0.2) is 0 Å². The third-order valence-electron chi connectivity index (χ3n) is 4.49. The Morgan fingerprint density at radius 2 is 1.80 bits per heavy atom. The minimum absolute atomic E-state index is 0.169. The Labute approximate surface area is 173 Å². The second-order valence-corrected chi connectivity index (χ2v) is 8.82. The van der Waals surface area contributed by atoms with Gasteiger partial charge in [-0.15, -0.1) is 0 Å². The fourth-order valence-electron chi connectivity index (χ4n) is 3.50. The number of nitrogens with zero attached hydrogens (tertiary/aromatic N) is 1. The first-order valence-electron chi connectivity index (χ1n) is 7.69. The average molecular weight is 519 g/mol. The highest BCUT2D eigenvalue weighted by Crippen LogP contribution is 2.47. The molecule has 0 spiro atoms. The third kappa shape index (κ3) is 2.89. The van der Waals surface area contributed by atoms with Crippen molar-refractivity contribution in [1.29, 1.82) is 0 Å². The van der Waals surface area contributed by atoms with Gasteiger partial charge in [0, 0.05) is 5.39 Å². The second-order valence-electron chi connectivity index (χ2n) is 6.57. The van der Waals surface area contributed by atoms with Gasteiger partial charge in [-0.3, -0.25) is 0 Å². The molecule has 4 rings (SSSR count). The molecule has 3 heterocycles. The van der Waals surface area contributed by atoms with Crippen molar-refractivity contribution in [2.24, 2.45) is 0 Å². The Balaban J connectivity index is 1.87. The van der Waals surface area contributed by atoms with E-state index in [-0.39, 0.29) is 12.7 Å². The van der Waals surface area contributed by atoms with E-state index in [0.29, 0.717) is 15.2 Å². The molecule has 0 aliphatic carbocycles. The van der Waals surface area contributed by atoms with Crippen LogP contribution in [-0.2, 0) is 14.2 Å². The molecule has 2 fully saturated rings. The maximum atomic E-state index is 9.67. The van der Waals surface area contributed by atoms with Crippen LogP contribution in [0.15, 0.2) is 12.1 Å². The maximum absolute atomic E-state index is 9.67. The Morgan fingerprint density at radius 1 is 1.16 bits per heavy atom. The van der Waals surface area contributed by atoms with Gasteiger partial charge in [-0.2, -0.15) is 0 Å². The van der Waals surface area contributed by atoms with E-state index in [0.717, 1.165) is 14.5 Å². The highest BCUT2D eigenvalue weighted by Gasteiger charge is 2.56. The lowest BCUT2D eigenvalue weighted by molar-refractivity contribution is -0.199. The third-order valence-corrected chi connectivity index (χ3v) is 6.99. The van der Waals surface area contributed by atoms with Gasteiger partial charge in [-0.1, -0.05) is 34.8 Å². The van der Waals surface area contributed by atoms with Crippen LogP contribution >= 0.6 is 57.4 Å². The lowest BCUT2D eigenvalue weighted by atomic mass is 10.1. The van der Waals surface area contributed by atoms with E-state index in [2.05, 4.69) is 22.6 Å². The molecule has 0 bridgehead atoms. The molecule has 0 saturated carbocycles. The number of aliphatic hydroxyl groups excluding tert-OH is 1. The summed E-state index contributed by atoms with van der Waals surface area (Å²) in [5, 5.41) is 11.9. The number of halogens is 4.